The van der Waals surface area contributed by atoms with E-state index in [1.54, 1.807) is 23.7 Å². The van der Waals surface area contributed by atoms with E-state index in [0.29, 0.717) is 19.0 Å². The maximum absolute atomic E-state index is 11.5. The van der Waals surface area contributed by atoms with E-state index in [-0.39, 0.29) is 6.03 Å². The van der Waals surface area contributed by atoms with Crippen molar-refractivity contribution in [1.82, 2.24) is 20.6 Å². The molecule has 2 amide bonds. The highest BCUT2D eigenvalue weighted by molar-refractivity contribution is 7.13. The van der Waals surface area contributed by atoms with Gasteiger partial charge in [0.2, 0.25) is 0 Å². The van der Waals surface area contributed by atoms with Crippen molar-refractivity contribution in [2.24, 2.45) is 5.92 Å². The fourth-order valence-electron chi connectivity index (χ4n) is 1.71. The first-order valence-electron chi connectivity index (χ1n) is 7.01. The van der Waals surface area contributed by atoms with Crippen molar-refractivity contribution >= 4 is 17.4 Å². The zero-order valence-electron chi connectivity index (χ0n) is 12.3. The lowest BCUT2D eigenvalue weighted by Crippen LogP contribution is -2.38. The number of hydrogen-bond donors (Lipinski definition) is 2. The van der Waals surface area contributed by atoms with Gasteiger partial charge in [0.25, 0.3) is 0 Å². The summed E-state index contributed by atoms with van der Waals surface area (Å²) >= 11 is 1.60. The van der Waals surface area contributed by atoms with Gasteiger partial charge in [-0.3, -0.25) is 4.98 Å². The summed E-state index contributed by atoms with van der Waals surface area (Å²) in [5.41, 5.74) is 2.01. The van der Waals surface area contributed by atoms with Crippen LogP contribution in [0.1, 0.15) is 19.5 Å². The van der Waals surface area contributed by atoms with Crippen LogP contribution in [0, 0.1) is 5.92 Å². The molecule has 0 bridgehead atoms. The first kappa shape index (κ1) is 15.4. The molecule has 0 fully saturated rings. The van der Waals surface area contributed by atoms with Crippen molar-refractivity contribution in [3.05, 3.63) is 35.6 Å². The maximum Gasteiger partial charge on any atom is 0.314 e. The quantitative estimate of drug-likeness (QED) is 0.862. The molecule has 0 aromatic carbocycles. The van der Waals surface area contributed by atoms with Gasteiger partial charge in [-0.05, 0) is 18.1 Å². The third-order valence-electron chi connectivity index (χ3n) is 2.80. The highest BCUT2D eigenvalue weighted by atomic mass is 32.1. The standard InChI is InChI=1S/C15H20N4OS/c1-11(2)8-18-15(20)17-7-5-13-10-21-14(19-13)12-4-3-6-16-9-12/h3-4,6,9-11H,5,7-8H2,1-2H3,(H2,17,18,20). The fraction of sp³-hybridized carbons (Fsp3) is 0.400. The van der Waals surface area contributed by atoms with Gasteiger partial charge >= 0.3 is 6.03 Å². The molecular weight excluding hydrogens is 284 g/mol. The lowest BCUT2D eigenvalue weighted by molar-refractivity contribution is 0.239. The number of carbonyl (C=O) groups is 1. The molecule has 0 aliphatic heterocycles. The summed E-state index contributed by atoms with van der Waals surface area (Å²) in [6.07, 6.45) is 4.28. The number of rotatable bonds is 6. The number of nitrogens with zero attached hydrogens (tertiary/aromatic N) is 2. The number of carbonyl (C=O) groups excluding carboxylic acids is 1. The van der Waals surface area contributed by atoms with Crippen LogP contribution in [-0.4, -0.2) is 29.1 Å². The van der Waals surface area contributed by atoms with Gasteiger partial charge in [-0.2, -0.15) is 0 Å². The van der Waals surface area contributed by atoms with Crippen molar-refractivity contribution < 1.29 is 4.79 Å². The summed E-state index contributed by atoms with van der Waals surface area (Å²) in [7, 11) is 0. The number of thiazole rings is 1. The van der Waals surface area contributed by atoms with E-state index >= 15 is 0 Å². The predicted molar refractivity (Wildman–Crippen MR) is 85.3 cm³/mol. The molecule has 2 heterocycles. The minimum atomic E-state index is -0.119. The Morgan fingerprint density at radius 3 is 2.95 bits per heavy atom. The van der Waals surface area contributed by atoms with Crippen LogP contribution in [0.2, 0.25) is 0 Å². The first-order valence-corrected chi connectivity index (χ1v) is 7.89. The molecule has 0 aliphatic carbocycles. The maximum atomic E-state index is 11.5. The summed E-state index contributed by atoms with van der Waals surface area (Å²) in [4.78, 5) is 20.2. The van der Waals surface area contributed by atoms with Crippen LogP contribution in [0.4, 0.5) is 4.79 Å². The Hall–Kier alpha value is -1.95. The molecule has 0 saturated carbocycles. The minimum absolute atomic E-state index is 0.119. The van der Waals surface area contributed by atoms with E-state index < -0.39 is 0 Å². The SMILES string of the molecule is CC(C)CNC(=O)NCCc1csc(-c2cccnc2)n1. The van der Waals surface area contributed by atoms with E-state index in [2.05, 4.69) is 34.4 Å². The Bertz CT molecular complexity index is 568. The number of urea groups is 1. The molecular formula is C15H20N4OS. The minimum Gasteiger partial charge on any atom is -0.338 e. The number of hydrogen-bond acceptors (Lipinski definition) is 4. The molecule has 0 aliphatic rings. The molecule has 21 heavy (non-hydrogen) atoms. The van der Waals surface area contributed by atoms with Crippen molar-refractivity contribution in [2.45, 2.75) is 20.3 Å². The van der Waals surface area contributed by atoms with Gasteiger partial charge in [0.15, 0.2) is 0 Å². The number of aromatic nitrogens is 2. The van der Waals surface area contributed by atoms with Crippen LogP contribution in [0.3, 0.4) is 0 Å². The molecule has 2 N–H and O–H groups in total. The lowest BCUT2D eigenvalue weighted by Gasteiger charge is -2.08. The smallest absolute Gasteiger partial charge is 0.314 e. The second-order valence-corrected chi connectivity index (χ2v) is 6.02. The molecule has 2 rings (SSSR count). The molecule has 0 saturated heterocycles. The molecule has 2 aromatic rings. The average Bonchev–Trinajstić information content (AvgIpc) is 2.95. The molecule has 5 nitrogen and oxygen atoms in total. The van der Waals surface area contributed by atoms with E-state index in [1.165, 1.54) is 0 Å². The molecule has 0 spiro atoms. The van der Waals surface area contributed by atoms with E-state index in [9.17, 15) is 4.79 Å². The Kier molecular flexibility index (Phi) is 5.68. The van der Waals surface area contributed by atoms with Crippen molar-refractivity contribution in [2.75, 3.05) is 13.1 Å². The summed E-state index contributed by atoms with van der Waals surface area (Å²) < 4.78 is 0. The Morgan fingerprint density at radius 1 is 1.38 bits per heavy atom. The fourth-order valence-corrected chi connectivity index (χ4v) is 2.55. The zero-order valence-corrected chi connectivity index (χ0v) is 13.1. The Morgan fingerprint density at radius 2 is 2.24 bits per heavy atom. The van der Waals surface area contributed by atoms with E-state index in [1.807, 2.05) is 17.5 Å². The second-order valence-electron chi connectivity index (χ2n) is 5.17. The number of pyridine rings is 1. The highest BCUT2D eigenvalue weighted by Gasteiger charge is 2.06. The first-order chi connectivity index (χ1) is 10.1. The number of nitrogens with one attached hydrogen (secondary N) is 2. The molecule has 0 radical (unpaired) electrons. The predicted octanol–water partition coefficient (Wildman–Crippen LogP) is 2.70. The number of amides is 2. The van der Waals surface area contributed by atoms with Gasteiger partial charge in [0, 0.05) is 42.8 Å². The van der Waals surface area contributed by atoms with Gasteiger partial charge in [-0.25, -0.2) is 9.78 Å². The van der Waals surface area contributed by atoms with Crippen LogP contribution in [-0.2, 0) is 6.42 Å². The second kappa shape index (κ2) is 7.73. The van der Waals surface area contributed by atoms with Crippen molar-refractivity contribution in [3.63, 3.8) is 0 Å². The van der Waals surface area contributed by atoms with Gasteiger partial charge in [0.05, 0.1) is 5.69 Å². The summed E-state index contributed by atoms with van der Waals surface area (Å²) in [6, 6.07) is 3.77. The zero-order chi connectivity index (χ0) is 15.1. The average molecular weight is 304 g/mol. The Balaban J connectivity index is 1.77. The third kappa shape index (κ3) is 5.15. The topological polar surface area (TPSA) is 66.9 Å². The van der Waals surface area contributed by atoms with Crippen LogP contribution in [0.15, 0.2) is 29.9 Å². The highest BCUT2D eigenvalue weighted by Crippen LogP contribution is 2.22. The molecule has 6 heteroatoms. The van der Waals surface area contributed by atoms with Gasteiger partial charge in [-0.15, -0.1) is 11.3 Å². The van der Waals surface area contributed by atoms with E-state index in [0.717, 1.165) is 22.7 Å². The van der Waals surface area contributed by atoms with Crippen LogP contribution < -0.4 is 10.6 Å². The van der Waals surface area contributed by atoms with Gasteiger partial charge in [-0.1, -0.05) is 13.8 Å². The Labute approximate surface area is 128 Å². The van der Waals surface area contributed by atoms with E-state index in [4.69, 9.17) is 0 Å². The molecule has 2 aromatic heterocycles. The normalized spacial score (nSPS) is 10.6. The molecule has 0 unspecified atom stereocenters. The summed E-state index contributed by atoms with van der Waals surface area (Å²) in [6.45, 7) is 5.40. The van der Waals surface area contributed by atoms with Crippen LogP contribution in [0.5, 0.6) is 0 Å². The lowest BCUT2D eigenvalue weighted by atomic mass is 10.2. The van der Waals surface area contributed by atoms with Crippen LogP contribution >= 0.6 is 11.3 Å². The van der Waals surface area contributed by atoms with Gasteiger partial charge < -0.3 is 10.6 Å². The van der Waals surface area contributed by atoms with Crippen molar-refractivity contribution in [1.29, 1.82) is 0 Å². The molecule has 112 valence electrons. The van der Waals surface area contributed by atoms with Crippen molar-refractivity contribution in [3.8, 4) is 10.6 Å². The summed E-state index contributed by atoms with van der Waals surface area (Å²) in [5.74, 6) is 0.455. The monoisotopic (exact) mass is 304 g/mol. The molecule has 0 atom stereocenters. The van der Waals surface area contributed by atoms with Gasteiger partial charge in [0.1, 0.15) is 5.01 Å². The largest absolute Gasteiger partial charge is 0.338 e. The summed E-state index contributed by atoms with van der Waals surface area (Å²) in [5, 5.41) is 8.65. The third-order valence-corrected chi connectivity index (χ3v) is 3.74. The van der Waals surface area contributed by atoms with Crippen LogP contribution in [0.25, 0.3) is 10.6 Å².